The molecule has 0 atom stereocenters. The van der Waals surface area contributed by atoms with Crippen LogP contribution in [0.5, 0.6) is 0 Å². The van der Waals surface area contributed by atoms with Crippen LogP contribution >= 0.6 is 0 Å². The Hall–Kier alpha value is 0.0938. The normalized spacial score (nSPS) is 10.7. The Morgan fingerprint density at radius 2 is 1.54 bits per heavy atom. The van der Waals surface area contributed by atoms with E-state index in [1.54, 1.807) is 0 Å². The molecule has 4 heteroatoms. The zero-order valence-electron chi connectivity index (χ0n) is 8.43. The lowest BCUT2D eigenvalue weighted by molar-refractivity contribution is 0.184. The van der Waals surface area contributed by atoms with Crippen molar-refractivity contribution in [3.63, 3.8) is 0 Å². The van der Waals surface area contributed by atoms with Gasteiger partial charge in [-0.25, -0.2) is 0 Å². The minimum atomic E-state index is -2.00. The van der Waals surface area contributed by atoms with Gasteiger partial charge in [0.25, 0.3) is 0 Å². The molecule has 0 rings (SSSR count). The van der Waals surface area contributed by atoms with Crippen LogP contribution in [0.3, 0.4) is 0 Å². The Kier molecular flexibility index (Phi) is 10.4. The molecule has 0 spiro atoms. The molecule has 0 fully saturated rings. The van der Waals surface area contributed by atoms with E-state index in [0.717, 1.165) is 26.1 Å². The van der Waals surface area contributed by atoms with Gasteiger partial charge in [0.15, 0.2) is 0 Å². The largest absolute Gasteiger partial charge is 0.391 e. The fraction of sp³-hybridized carbons (Fsp3) is 0.778. The van der Waals surface area contributed by atoms with Gasteiger partial charge < -0.3 is 8.85 Å². The molecule has 2 nitrogen and oxygen atoms in total. The quantitative estimate of drug-likeness (QED) is 0.600. The van der Waals surface area contributed by atoms with Gasteiger partial charge in [0.05, 0.1) is 0 Å². The fourth-order valence-corrected chi connectivity index (χ4v) is 2.31. The van der Waals surface area contributed by atoms with E-state index in [1.165, 1.54) is 0 Å². The molecule has 0 aliphatic heterocycles. The molecule has 0 bridgehead atoms. The third-order valence-electron chi connectivity index (χ3n) is 1.56. The summed E-state index contributed by atoms with van der Waals surface area (Å²) in [6, 6.07) is 0. The number of rotatable bonds is 7. The molecule has 0 saturated carbocycles. The van der Waals surface area contributed by atoms with Crippen molar-refractivity contribution in [1.29, 1.82) is 0 Å². The highest BCUT2D eigenvalue weighted by molar-refractivity contribution is 6.71. The molecule has 0 heterocycles. The monoisotopic (exact) mass is 220 g/mol. The van der Waals surface area contributed by atoms with Crippen LogP contribution < -0.4 is 0 Å². The van der Waals surface area contributed by atoms with Gasteiger partial charge in [-0.15, -0.1) is 6.58 Å². The molecule has 0 N–H and O–H groups in total. The molecule has 0 aliphatic carbocycles. The van der Waals surface area contributed by atoms with E-state index >= 15 is 0 Å². The zero-order chi connectivity index (χ0) is 9.45. The smallest absolute Gasteiger partial charge is 0.361 e. The first kappa shape index (κ1) is 15.6. The van der Waals surface area contributed by atoms with Crippen molar-refractivity contribution < 1.29 is 8.85 Å². The van der Waals surface area contributed by atoms with Gasteiger partial charge in [-0.1, -0.05) is 13.8 Å². The fourth-order valence-electron chi connectivity index (χ4n) is 0.769. The van der Waals surface area contributed by atoms with Crippen molar-refractivity contribution in [3.05, 3.63) is 12.3 Å². The van der Waals surface area contributed by atoms with Gasteiger partial charge in [0.1, 0.15) is 0 Å². The molecular formula is C9H24O2Si2. The average molecular weight is 220 g/mol. The zero-order valence-corrected chi connectivity index (χ0v) is 9.43. The lowest BCUT2D eigenvalue weighted by atomic mass is 10.5. The maximum Gasteiger partial charge on any atom is 0.361 e. The molecule has 0 amide bonds. The molecule has 0 aromatic rings. The molecule has 80 valence electrons. The highest BCUT2D eigenvalue weighted by atomic mass is 28.4. The standard InChI is InChI=1S/C9H20O2Si.H4Si/c1-5-8-10-12(4,7-3)11-9-6-2;/h7H,3,5-6,8-9H2,1-2,4H3;1H4. The van der Waals surface area contributed by atoms with Crippen LogP contribution in [0.2, 0.25) is 6.55 Å². The highest BCUT2D eigenvalue weighted by Crippen LogP contribution is 2.08. The predicted octanol–water partition coefficient (Wildman–Crippen LogP) is 1.19. The van der Waals surface area contributed by atoms with E-state index in [2.05, 4.69) is 20.4 Å². The van der Waals surface area contributed by atoms with Crippen molar-refractivity contribution in [2.24, 2.45) is 0 Å². The van der Waals surface area contributed by atoms with Crippen molar-refractivity contribution >= 4 is 19.5 Å². The maximum atomic E-state index is 5.63. The van der Waals surface area contributed by atoms with Crippen molar-refractivity contribution in [3.8, 4) is 0 Å². The Morgan fingerprint density at radius 3 is 1.77 bits per heavy atom. The third kappa shape index (κ3) is 7.19. The topological polar surface area (TPSA) is 18.5 Å². The van der Waals surface area contributed by atoms with Crippen LogP contribution in [0.1, 0.15) is 26.7 Å². The first-order chi connectivity index (χ1) is 5.68. The minimum absolute atomic E-state index is 0. The van der Waals surface area contributed by atoms with Gasteiger partial charge in [-0.3, -0.25) is 0 Å². The van der Waals surface area contributed by atoms with E-state index in [-0.39, 0.29) is 11.0 Å². The van der Waals surface area contributed by atoms with Gasteiger partial charge in [-0.2, -0.15) is 0 Å². The summed E-state index contributed by atoms with van der Waals surface area (Å²) in [4.78, 5) is 0. The molecule has 0 unspecified atom stereocenters. The Balaban J connectivity index is 0. The SMILES string of the molecule is C=C[Si](C)(OCCC)OCCC.[SiH4]. The molecule has 0 aliphatic rings. The Labute approximate surface area is 87.6 Å². The second-order valence-electron chi connectivity index (χ2n) is 2.92. The van der Waals surface area contributed by atoms with Crippen LogP contribution in [0.4, 0.5) is 0 Å². The summed E-state index contributed by atoms with van der Waals surface area (Å²) in [6.45, 7) is 11.5. The summed E-state index contributed by atoms with van der Waals surface area (Å²) in [7, 11) is -2.00. The van der Waals surface area contributed by atoms with Crippen molar-refractivity contribution in [1.82, 2.24) is 0 Å². The molecule has 0 radical (unpaired) electrons. The first-order valence-corrected chi connectivity index (χ1v) is 6.99. The lowest BCUT2D eigenvalue weighted by Gasteiger charge is -2.22. The summed E-state index contributed by atoms with van der Waals surface area (Å²) < 4.78 is 11.3. The molecule has 0 aromatic heterocycles. The van der Waals surface area contributed by atoms with Crippen molar-refractivity contribution in [2.45, 2.75) is 33.2 Å². The van der Waals surface area contributed by atoms with Gasteiger partial charge in [0, 0.05) is 13.2 Å². The number of hydrogen-bond donors (Lipinski definition) is 0. The number of hydrogen-bond acceptors (Lipinski definition) is 2. The van der Waals surface area contributed by atoms with Crippen LogP contribution in [-0.2, 0) is 8.85 Å². The summed E-state index contributed by atoms with van der Waals surface area (Å²) in [6.07, 6.45) is 2.07. The Bertz CT molecular complexity index is 121. The minimum Gasteiger partial charge on any atom is -0.391 e. The van der Waals surface area contributed by atoms with E-state index in [9.17, 15) is 0 Å². The molecule has 0 aromatic carbocycles. The first-order valence-electron chi connectivity index (χ1n) is 4.60. The Morgan fingerprint density at radius 1 is 1.15 bits per heavy atom. The summed E-state index contributed by atoms with van der Waals surface area (Å²) in [5, 5.41) is 0. The van der Waals surface area contributed by atoms with Crippen LogP contribution in [0.15, 0.2) is 12.3 Å². The lowest BCUT2D eigenvalue weighted by Crippen LogP contribution is -2.37. The van der Waals surface area contributed by atoms with E-state index < -0.39 is 8.56 Å². The van der Waals surface area contributed by atoms with Crippen LogP contribution in [-0.4, -0.2) is 32.7 Å². The van der Waals surface area contributed by atoms with Gasteiger partial charge >= 0.3 is 8.56 Å². The van der Waals surface area contributed by atoms with Gasteiger partial charge in [0.2, 0.25) is 0 Å². The van der Waals surface area contributed by atoms with E-state index in [1.807, 2.05) is 12.2 Å². The molecule has 13 heavy (non-hydrogen) atoms. The maximum absolute atomic E-state index is 5.63. The van der Waals surface area contributed by atoms with Crippen molar-refractivity contribution in [2.75, 3.05) is 13.2 Å². The second kappa shape index (κ2) is 8.68. The third-order valence-corrected chi connectivity index (χ3v) is 3.85. The molecular weight excluding hydrogens is 196 g/mol. The summed E-state index contributed by atoms with van der Waals surface area (Å²) >= 11 is 0. The van der Waals surface area contributed by atoms with E-state index in [0.29, 0.717) is 0 Å². The van der Waals surface area contributed by atoms with Crippen LogP contribution in [0, 0.1) is 0 Å². The summed E-state index contributed by atoms with van der Waals surface area (Å²) in [5.41, 5.74) is 1.85. The predicted molar refractivity (Wildman–Crippen MR) is 65.6 cm³/mol. The summed E-state index contributed by atoms with van der Waals surface area (Å²) in [5.74, 6) is 0. The van der Waals surface area contributed by atoms with E-state index in [4.69, 9.17) is 8.85 Å². The molecule has 0 saturated heterocycles. The second-order valence-corrected chi connectivity index (χ2v) is 5.93. The van der Waals surface area contributed by atoms with Gasteiger partial charge in [-0.05, 0) is 36.1 Å². The average Bonchev–Trinajstić information content (AvgIpc) is 2.11. The van der Waals surface area contributed by atoms with Crippen LogP contribution in [0.25, 0.3) is 0 Å². The highest BCUT2D eigenvalue weighted by Gasteiger charge is 2.26.